The maximum atomic E-state index is 12.8. The van der Waals surface area contributed by atoms with Gasteiger partial charge in [0.1, 0.15) is 6.10 Å². The van der Waals surface area contributed by atoms with E-state index >= 15 is 0 Å². The summed E-state index contributed by atoms with van der Waals surface area (Å²) in [5.41, 5.74) is -1.97. The first-order valence-electron chi connectivity index (χ1n) is 9.47. The zero-order valence-corrected chi connectivity index (χ0v) is 15.9. The molecule has 1 aromatic heterocycles. The Morgan fingerprint density at radius 2 is 2.15 bits per heavy atom. The van der Waals surface area contributed by atoms with Crippen molar-refractivity contribution in [3.8, 4) is 0 Å². The van der Waals surface area contributed by atoms with Crippen LogP contribution in [0.15, 0.2) is 35.2 Å². The third-order valence-electron chi connectivity index (χ3n) is 7.49. The van der Waals surface area contributed by atoms with Crippen molar-refractivity contribution in [3.63, 3.8) is 0 Å². The van der Waals surface area contributed by atoms with Crippen LogP contribution in [0.5, 0.6) is 0 Å². The minimum atomic E-state index is -1.69. The number of methoxy groups -OCH3 is 1. The summed E-state index contributed by atoms with van der Waals surface area (Å²) in [6, 6.07) is 1.81. The van der Waals surface area contributed by atoms with Gasteiger partial charge in [0.15, 0.2) is 5.60 Å². The molecule has 0 radical (unpaired) electrons. The minimum Gasteiger partial charge on any atom is -0.472 e. The molecule has 6 heteroatoms. The van der Waals surface area contributed by atoms with Crippen LogP contribution >= 0.6 is 0 Å². The van der Waals surface area contributed by atoms with Crippen LogP contribution in [-0.4, -0.2) is 29.8 Å². The molecule has 1 aromatic rings. The molecular formula is C21H26O6. The van der Waals surface area contributed by atoms with E-state index in [0.717, 1.165) is 5.56 Å². The number of allylic oxidation sites excluding steroid dienone is 1. The van der Waals surface area contributed by atoms with E-state index in [9.17, 15) is 14.7 Å². The second-order valence-electron chi connectivity index (χ2n) is 8.65. The first-order chi connectivity index (χ1) is 12.8. The molecule has 0 bridgehead atoms. The Kier molecular flexibility index (Phi) is 4.04. The zero-order valence-electron chi connectivity index (χ0n) is 15.9. The van der Waals surface area contributed by atoms with Crippen molar-refractivity contribution in [2.24, 2.45) is 22.7 Å². The fourth-order valence-electron chi connectivity index (χ4n) is 5.91. The highest BCUT2D eigenvalue weighted by Gasteiger charge is 2.67. The predicted molar refractivity (Wildman–Crippen MR) is 95.3 cm³/mol. The van der Waals surface area contributed by atoms with Gasteiger partial charge in [-0.25, -0.2) is 4.79 Å². The number of carbonyl (C=O) groups is 2. The van der Waals surface area contributed by atoms with Crippen molar-refractivity contribution in [1.29, 1.82) is 0 Å². The summed E-state index contributed by atoms with van der Waals surface area (Å²) in [6.07, 6.45) is 8.70. The van der Waals surface area contributed by atoms with Crippen molar-refractivity contribution in [1.82, 2.24) is 0 Å². The summed E-state index contributed by atoms with van der Waals surface area (Å²) in [5, 5.41) is 11.3. The van der Waals surface area contributed by atoms with Gasteiger partial charge in [0, 0.05) is 11.0 Å². The lowest BCUT2D eigenvalue weighted by atomic mass is 9.43. The first kappa shape index (κ1) is 18.3. The van der Waals surface area contributed by atoms with Crippen molar-refractivity contribution >= 4 is 11.9 Å². The monoisotopic (exact) mass is 374 g/mol. The summed E-state index contributed by atoms with van der Waals surface area (Å²) >= 11 is 0. The number of cyclic esters (lactones) is 1. The number of carbonyl (C=O) groups excluding carboxylic acids is 2. The molecule has 1 N–H and O–H groups in total. The molecule has 0 amide bonds. The molecule has 6 atom stereocenters. The molecule has 4 rings (SSSR count). The number of rotatable bonds is 2. The second kappa shape index (κ2) is 5.96. The average molecular weight is 374 g/mol. The van der Waals surface area contributed by atoms with Gasteiger partial charge >= 0.3 is 11.9 Å². The molecule has 2 heterocycles. The van der Waals surface area contributed by atoms with Gasteiger partial charge in [0.05, 0.1) is 25.6 Å². The second-order valence-corrected chi connectivity index (χ2v) is 8.65. The smallest absolute Gasteiger partial charge is 0.342 e. The summed E-state index contributed by atoms with van der Waals surface area (Å²) < 4.78 is 15.8. The Labute approximate surface area is 158 Å². The Morgan fingerprint density at radius 3 is 2.81 bits per heavy atom. The van der Waals surface area contributed by atoms with Gasteiger partial charge < -0.3 is 19.0 Å². The number of hydrogen-bond acceptors (Lipinski definition) is 6. The van der Waals surface area contributed by atoms with E-state index < -0.39 is 22.4 Å². The van der Waals surface area contributed by atoms with Gasteiger partial charge in [-0.3, -0.25) is 4.79 Å². The first-order valence-corrected chi connectivity index (χ1v) is 9.47. The van der Waals surface area contributed by atoms with Crippen LogP contribution < -0.4 is 0 Å². The topological polar surface area (TPSA) is 86.0 Å². The number of esters is 2. The van der Waals surface area contributed by atoms with Crippen molar-refractivity contribution < 1.29 is 28.6 Å². The number of fused-ring (bicyclic) bond motifs is 3. The fraction of sp³-hybridized carbons (Fsp3) is 0.619. The Morgan fingerprint density at radius 1 is 1.37 bits per heavy atom. The molecule has 0 unspecified atom stereocenters. The summed E-state index contributed by atoms with van der Waals surface area (Å²) in [7, 11) is 1.29. The molecular weight excluding hydrogens is 348 g/mol. The standard InChI is InChI=1S/C21H26O6/c1-19-11-15(13-7-10-26-12-13)27-17(22)14(19)6-9-20(2)16(19)5-4-8-21(20,24)18(23)25-3/h4,7-8,10,12,14-16,24H,5-6,9,11H2,1-3H3/t14-,15+,16-,19+,20-,21+/m1/s1. The molecule has 2 aliphatic carbocycles. The maximum absolute atomic E-state index is 12.8. The van der Waals surface area contributed by atoms with Crippen LogP contribution in [0.4, 0.5) is 0 Å². The van der Waals surface area contributed by atoms with Gasteiger partial charge in [0.25, 0.3) is 0 Å². The fourth-order valence-corrected chi connectivity index (χ4v) is 5.91. The molecule has 2 fully saturated rings. The number of ether oxygens (including phenoxy) is 2. The van der Waals surface area contributed by atoms with Gasteiger partial charge in [-0.1, -0.05) is 19.9 Å². The summed E-state index contributed by atoms with van der Waals surface area (Å²) in [4.78, 5) is 25.3. The Hall–Kier alpha value is -2.08. The van der Waals surface area contributed by atoms with Crippen LogP contribution in [0, 0.1) is 22.7 Å². The van der Waals surface area contributed by atoms with Crippen molar-refractivity contribution in [2.45, 2.75) is 51.2 Å². The minimum absolute atomic E-state index is 0.0555. The highest BCUT2D eigenvalue weighted by molar-refractivity contribution is 5.84. The molecule has 1 aliphatic heterocycles. The summed E-state index contributed by atoms with van der Waals surface area (Å²) in [5.74, 6) is -1.14. The molecule has 3 aliphatic rings. The van der Waals surface area contributed by atoms with E-state index in [1.807, 2.05) is 19.1 Å². The van der Waals surface area contributed by atoms with E-state index in [4.69, 9.17) is 13.9 Å². The van der Waals surface area contributed by atoms with E-state index in [-0.39, 0.29) is 23.9 Å². The molecule has 0 aromatic carbocycles. The van der Waals surface area contributed by atoms with Crippen LogP contribution in [0.2, 0.25) is 0 Å². The third-order valence-corrected chi connectivity index (χ3v) is 7.49. The van der Waals surface area contributed by atoms with E-state index in [0.29, 0.717) is 25.7 Å². The van der Waals surface area contributed by atoms with Gasteiger partial charge in [0.2, 0.25) is 0 Å². The highest BCUT2D eigenvalue weighted by atomic mass is 16.5. The predicted octanol–water partition coefficient (Wildman–Crippen LogP) is 3.17. The van der Waals surface area contributed by atoms with Gasteiger partial charge in [-0.05, 0) is 49.2 Å². The zero-order chi connectivity index (χ0) is 19.4. The molecule has 6 nitrogen and oxygen atoms in total. The lowest BCUT2D eigenvalue weighted by molar-refractivity contribution is -0.216. The Balaban J connectivity index is 1.76. The van der Waals surface area contributed by atoms with Crippen molar-refractivity contribution in [3.05, 3.63) is 36.3 Å². The molecule has 1 saturated carbocycles. The number of hydrogen-bond donors (Lipinski definition) is 1. The third kappa shape index (κ3) is 2.35. The lowest BCUT2D eigenvalue weighted by Gasteiger charge is -2.62. The van der Waals surface area contributed by atoms with Crippen LogP contribution in [0.1, 0.15) is 51.2 Å². The van der Waals surface area contributed by atoms with E-state index in [2.05, 4.69) is 6.92 Å². The molecule has 27 heavy (non-hydrogen) atoms. The van der Waals surface area contributed by atoms with Crippen molar-refractivity contribution in [2.75, 3.05) is 7.11 Å². The maximum Gasteiger partial charge on any atom is 0.342 e. The van der Waals surface area contributed by atoms with Crippen LogP contribution in [0.3, 0.4) is 0 Å². The quantitative estimate of drug-likeness (QED) is 0.632. The Bertz CT molecular complexity index is 783. The average Bonchev–Trinajstić information content (AvgIpc) is 3.16. The lowest BCUT2D eigenvalue weighted by Crippen LogP contribution is -2.65. The van der Waals surface area contributed by atoms with Crippen LogP contribution in [0.25, 0.3) is 0 Å². The van der Waals surface area contributed by atoms with Crippen LogP contribution in [-0.2, 0) is 19.1 Å². The largest absolute Gasteiger partial charge is 0.472 e. The van der Waals surface area contributed by atoms with E-state index in [1.165, 1.54) is 7.11 Å². The molecule has 146 valence electrons. The van der Waals surface area contributed by atoms with E-state index in [1.54, 1.807) is 18.6 Å². The molecule has 1 saturated heterocycles. The normalized spacial score (nSPS) is 43.4. The highest BCUT2D eigenvalue weighted by Crippen LogP contribution is 2.65. The van der Waals surface area contributed by atoms with Gasteiger partial charge in [-0.2, -0.15) is 0 Å². The number of aliphatic hydroxyl groups is 1. The molecule has 0 spiro atoms. The number of furan rings is 1. The summed E-state index contributed by atoms with van der Waals surface area (Å²) in [6.45, 7) is 4.05. The SMILES string of the molecule is COC(=O)[C@@]1(O)C=CC[C@@H]2[C@@]3(C)C[C@@H](c4ccoc4)OC(=O)[C@H]3CC[C@]21C. The van der Waals surface area contributed by atoms with Gasteiger partial charge in [-0.15, -0.1) is 0 Å².